The summed E-state index contributed by atoms with van der Waals surface area (Å²) in [6.07, 6.45) is -5.55. The highest BCUT2D eigenvalue weighted by molar-refractivity contribution is 7.89. The molecule has 16 heavy (non-hydrogen) atoms. The molecule has 0 rings (SSSR count). The Morgan fingerprint density at radius 1 is 1.31 bits per heavy atom. The molecule has 0 aromatic rings. The Morgan fingerprint density at radius 2 is 1.81 bits per heavy atom. The Balaban J connectivity index is 4.27. The third kappa shape index (κ3) is 8.18. The second-order valence-electron chi connectivity index (χ2n) is 3.88. The van der Waals surface area contributed by atoms with Crippen LogP contribution in [0.5, 0.6) is 0 Å². The smallest absolute Gasteiger partial charge is 0.212 e. The van der Waals surface area contributed by atoms with Crippen LogP contribution in [0, 0.1) is 5.92 Å². The van der Waals surface area contributed by atoms with Gasteiger partial charge in [-0.05, 0) is 12.8 Å². The first-order valence-corrected chi connectivity index (χ1v) is 6.87. The Labute approximate surface area is 98.4 Å². The van der Waals surface area contributed by atoms with Crippen LogP contribution in [-0.2, 0) is 10.0 Å². The molecule has 0 aliphatic rings. The highest BCUT2D eigenvalue weighted by Gasteiger charge is 2.31. The summed E-state index contributed by atoms with van der Waals surface area (Å²) in [5.41, 5.74) is 0. The normalized spacial score (nSPS) is 17.1. The third-order valence-electron chi connectivity index (χ3n) is 1.69. The minimum Gasteiger partial charge on any atom is -0.212 e. The lowest BCUT2D eigenvalue weighted by molar-refractivity contribution is -0.137. The molecule has 0 aliphatic heterocycles. The summed E-state index contributed by atoms with van der Waals surface area (Å²) in [6, 6.07) is -1.16. The largest absolute Gasteiger partial charge is 0.390 e. The highest BCUT2D eigenvalue weighted by Crippen LogP contribution is 2.21. The van der Waals surface area contributed by atoms with Crippen LogP contribution in [0.2, 0.25) is 0 Å². The Hall–Kier alpha value is -0.0100. The van der Waals surface area contributed by atoms with Gasteiger partial charge in [-0.2, -0.15) is 13.2 Å². The molecule has 0 saturated carbocycles. The van der Waals surface area contributed by atoms with Crippen LogP contribution in [0.25, 0.3) is 0 Å². The summed E-state index contributed by atoms with van der Waals surface area (Å²) in [4.78, 5) is 0. The first-order valence-electron chi connectivity index (χ1n) is 4.68. The van der Waals surface area contributed by atoms with Crippen molar-refractivity contribution in [2.75, 3.05) is 11.6 Å². The quantitative estimate of drug-likeness (QED) is 0.758. The van der Waals surface area contributed by atoms with Crippen molar-refractivity contribution in [2.24, 2.45) is 5.92 Å². The zero-order chi connectivity index (χ0) is 13.0. The van der Waals surface area contributed by atoms with Gasteiger partial charge in [0.25, 0.3) is 0 Å². The van der Waals surface area contributed by atoms with Gasteiger partial charge in [-0.1, -0.05) is 6.92 Å². The topological polar surface area (TPSA) is 46.2 Å². The molecule has 0 amide bonds. The van der Waals surface area contributed by atoms with Crippen LogP contribution in [-0.4, -0.2) is 32.3 Å². The number of alkyl halides is 4. The summed E-state index contributed by atoms with van der Waals surface area (Å²) in [6.45, 7) is 2.79. The van der Waals surface area contributed by atoms with Gasteiger partial charge in [-0.25, -0.2) is 13.1 Å². The Kier molecular flexibility index (Phi) is 6.06. The molecule has 0 aromatic carbocycles. The fraction of sp³-hybridized carbons (Fsp3) is 1.00. The molecule has 0 saturated heterocycles. The van der Waals surface area contributed by atoms with E-state index in [1.807, 2.05) is 4.72 Å². The van der Waals surface area contributed by atoms with Gasteiger partial charge >= 0.3 is 6.18 Å². The van der Waals surface area contributed by atoms with E-state index >= 15 is 0 Å². The predicted octanol–water partition coefficient (Wildman–Crippen LogP) is 2.12. The van der Waals surface area contributed by atoms with E-state index in [0.717, 1.165) is 0 Å². The van der Waals surface area contributed by atoms with E-state index in [1.54, 1.807) is 6.92 Å². The molecular weight excluding hydrogens is 267 g/mol. The lowest BCUT2D eigenvalue weighted by atomic mass is 10.2. The van der Waals surface area contributed by atoms with Gasteiger partial charge in [0, 0.05) is 11.9 Å². The van der Waals surface area contributed by atoms with Gasteiger partial charge < -0.3 is 0 Å². The minimum atomic E-state index is -4.37. The third-order valence-corrected chi connectivity index (χ3v) is 3.98. The number of nitrogens with one attached hydrogen (secondary N) is 1. The van der Waals surface area contributed by atoms with Crippen molar-refractivity contribution < 1.29 is 21.6 Å². The van der Waals surface area contributed by atoms with Gasteiger partial charge in [0.2, 0.25) is 10.0 Å². The minimum absolute atomic E-state index is 0.147. The lowest BCUT2D eigenvalue weighted by Crippen LogP contribution is -2.38. The van der Waals surface area contributed by atoms with Crippen molar-refractivity contribution in [3.63, 3.8) is 0 Å². The van der Waals surface area contributed by atoms with Crippen LogP contribution in [0.15, 0.2) is 0 Å². The maximum atomic E-state index is 12.0. The molecule has 0 aliphatic carbocycles. The van der Waals surface area contributed by atoms with Crippen molar-refractivity contribution in [1.82, 2.24) is 4.72 Å². The molecule has 0 fully saturated rings. The molecule has 98 valence electrons. The Bertz CT molecular complexity index is 305. The van der Waals surface area contributed by atoms with Crippen molar-refractivity contribution in [1.29, 1.82) is 0 Å². The van der Waals surface area contributed by atoms with Crippen molar-refractivity contribution in [2.45, 2.75) is 32.5 Å². The summed E-state index contributed by atoms with van der Waals surface area (Å²) in [5.74, 6) is -0.412. The van der Waals surface area contributed by atoms with E-state index in [1.165, 1.54) is 6.92 Å². The summed E-state index contributed by atoms with van der Waals surface area (Å²) < 4.78 is 60.6. The van der Waals surface area contributed by atoms with E-state index in [-0.39, 0.29) is 17.6 Å². The number of hydrogen-bond acceptors (Lipinski definition) is 2. The maximum Gasteiger partial charge on any atom is 0.390 e. The summed E-state index contributed by atoms with van der Waals surface area (Å²) in [7, 11) is -3.70. The van der Waals surface area contributed by atoms with E-state index < -0.39 is 28.7 Å². The SMILES string of the molecule is CC(CCl)CS(=O)(=O)NC(C)CC(F)(F)F. The average Bonchev–Trinajstić information content (AvgIpc) is 1.97. The van der Waals surface area contributed by atoms with Gasteiger partial charge in [0.1, 0.15) is 0 Å². The van der Waals surface area contributed by atoms with E-state index in [4.69, 9.17) is 11.6 Å². The van der Waals surface area contributed by atoms with Crippen LogP contribution in [0.4, 0.5) is 13.2 Å². The second kappa shape index (κ2) is 6.07. The monoisotopic (exact) mass is 281 g/mol. The summed E-state index contributed by atoms with van der Waals surface area (Å²) in [5, 5.41) is 0. The molecule has 2 atom stereocenters. The predicted molar refractivity (Wildman–Crippen MR) is 56.9 cm³/mol. The molecule has 8 heteroatoms. The van der Waals surface area contributed by atoms with E-state index in [9.17, 15) is 21.6 Å². The number of sulfonamides is 1. The molecule has 0 aromatic heterocycles. The van der Waals surface area contributed by atoms with Crippen molar-refractivity contribution in [3.8, 4) is 0 Å². The van der Waals surface area contributed by atoms with Gasteiger partial charge in [-0.3, -0.25) is 0 Å². The number of halogens is 4. The lowest BCUT2D eigenvalue weighted by Gasteiger charge is -2.17. The van der Waals surface area contributed by atoms with Gasteiger partial charge in [0.05, 0.1) is 12.2 Å². The molecule has 0 radical (unpaired) electrons. The van der Waals surface area contributed by atoms with Crippen LogP contribution >= 0.6 is 11.6 Å². The Morgan fingerprint density at radius 3 is 2.19 bits per heavy atom. The first-order chi connectivity index (χ1) is 7.06. The molecule has 0 bridgehead atoms. The first kappa shape index (κ1) is 16.0. The molecule has 3 nitrogen and oxygen atoms in total. The van der Waals surface area contributed by atoms with Crippen LogP contribution in [0.1, 0.15) is 20.3 Å². The standard InChI is InChI=1S/C8H15ClF3NO2S/c1-6(4-9)5-16(14,15)13-7(2)3-8(10,11)12/h6-7,13H,3-5H2,1-2H3. The number of rotatable bonds is 6. The van der Waals surface area contributed by atoms with Crippen LogP contribution < -0.4 is 4.72 Å². The molecule has 1 N–H and O–H groups in total. The maximum absolute atomic E-state index is 12.0. The average molecular weight is 282 g/mol. The van der Waals surface area contributed by atoms with E-state index in [2.05, 4.69) is 0 Å². The fourth-order valence-corrected chi connectivity index (χ4v) is 3.06. The molecular formula is C8H15ClF3NO2S. The zero-order valence-corrected chi connectivity index (χ0v) is 10.6. The second-order valence-corrected chi connectivity index (χ2v) is 5.99. The highest BCUT2D eigenvalue weighted by atomic mass is 35.5. The fourth-order valence-electron chi connectivity index (χ4n) is 1.16. The van der Waals surface area contributed by atoms with Gasteiger partial charge in [-0.15, -0.1) is 11.6 Å². The van der Waals surface area contributed by atoms with Gasteiger partial charge in [0.15, 0.2) is 0 Å². The number of hydrogen-bond donors (Lipinski definition) is 1. The molecule has 0 spiro atoms. The van der Waals surface area contributed by atoms with Crippen molar-refractivity contribution >= 4 is 21.6 Å². The zero-order valence-electron chi connectivity index (χ0n) is 9.01. The molecule has 2 unspecified atom stereocenters. The molecule has 0 heterocycles. The summed E-state index contributed by atoms with van der Waals surface area (Å²) >= 11 is 5.43. The van der Waals surface area contributed by atoms with Crippen LogP contribution in [0.3, 0.4) is 0 Å². The van der Waals surface area contributed by atoms with Crippen molar-refractivity contribution in [3.05, 3.63) is 0 Å². The van der Waals surface area contributed by atoms with E-state index in [0.29, 0.717) is 0 Å².